The van der Waals surface area contributed by atoms with Crippen molar-refractivity contribution in [2.75, 3.05) is 0 Å². The quantitative estimate of drug-likeness (QED) is 0.737. The summed E-state index contributed by atoms with van der Waals surface area (Å²) in [6, 6.07) is 5.06. The average molecular weight is 246 g/mol. The molecule has 6 nitrogen and oxygen atoms in total. The molecule has 0 atom stereocenters. The second-order valence-electron chi connectivity index (χ2n) is 4.58. The number of carbonyl (C=O) groups is 2. The Hall–Kier alpha value is -2.37. The van der Waals surface area contributed by atoms with E-state index in [1.807, 2.05) is 0 Å². The minimum Gasteiger partial charge on any atom is -0.368 e. The monoisotopic (exact) mass is 246 g/mol. The van der Waals surface area contributed by atoms with Crippen molar-refractivity contribution >= 4 is 22.8 Å². The summed E-state index contributed by atoms with van der Waals surface area (Å²) in [5.41, 5.74) is 6.10. The fourth-order valence-corrected chi connectivity index (χ4v) is 1.49. The van der Waals surface area contributed by atoms with Crippen LogP contribution in [0.1, 0.15) is 24.2 Å². The SMILES string of the molecule is CC(C)(NC(=O)c1ccc2nc[nH]c2c1)C(N)=O. The molecule has 2 amide bonds. The lowest BCUT2D eigenvalue weighted by Crippen LogP contribution is -2.52. The zero-order chi connectivity index (χ0) is 13.3. The Morgan fingerprint density at radius 2 is 2.11 bits per heavy atom. The number of rotatable bonds is 3. The average Bonchev–Trinajstić information content (AvgIpc) is 2.74. The number of carbonyl (C=O) groups excluding carboxylic acids is 2. The fraction of sp³-hybridized carbons (Fsp3) is 0.250. The van der Waals surface area contributed by atoms with Crippen LogP contribution in [-0.2, 0) is 4.79 Å². The van der Waals surface area contributed by atoms with Gasteiger partial charge in [-0.05, 0) is 32.0 Å². The lowest BCUT2D eigenvalue weighted by Gasteiger charge is -2.22. The molecule has 94 valence electrons. The number of fused-ring (bicyclic) bond motifs is 1. The number of imidazole rings is 1. The lowest BCUT2D eigenvalue weighted by molar-refractivity contribution is -0.122. The number of aromatic nitrogens is 2. The van der Waals surface area contributed by atoms with Crippen LogP contribution in [0.2, 0.25) is 0 Å². The molecule has 1 aromatic carbocycles. The molecule has 18 heavy (non-hydrogen) atoms. The molecule has 1 aromatic heterocycles. The Morgan fingerprint density at radius 3 is 2.78 bits per heavy atom. The van der Waals surface area contributed by atoms with E-state index in [4.69, 9.17) is 5.73 Å². The minimum atomic E-state index is -1.08. The molecule has 0 radical (unpaired) electrons. The van der Waals surface area contributed by atoms with Crippen molar-refractivity contribution < 1.29 is 9.59 Å². The molecule has 2 rings (SSSR count). The van der Waals surface area contributed by atoms with Crippen molar-refractivity contribution in [1.29, 1.82) is 0 Å². The molecule has 0 fully saturated rings. The van der Waals surface area contributed by atoms with Crippen LogP contribution in [-0.4, -0.2) is 27.3 Å². The van der Waals surface area contributed by atoms with E-state index in [-0.39, 0.29) is 5.91 Å². The van der Waals surface area contributed by atoms with Gasteiger partial charge in [-0.1, -0.05) is 0 Å². The number of nitrogens with one attached hydrogen (secondary N) is 2. The molecular formula is C12H14N4O2. The van der Waals surface area contributed by atoms with Crippen LogP contribution in [0.25, 0.3) is 11.0 Å². The second kappa shape index (κ2) is 4.14. The highest BCUT2D eigenvalue weighted by atomic mass is 16.2. The van der Waals surface area contributed by atoms with Crippen LogP contribution >= 0.6 is 0 Å². The van der Waals surface area contributed by atoms with Crippen molar-refractivity contribution in [3.8, 4) is 0 Å². The van der Waals surface area contributed by atoms with Gasteiger partial charge >= 0.3 is 0 Å². The maximum Gasteiger partial charge on any atom is 0.252 e. The molecule has 0 aliphatic rings. The molecule has 0 saturated carbocycles. The predicted octanol–water partition coefficient (Wildman–Crippen LogP) is 0.557. The van der Waals surface area contributed by atoms with Gasteiger partial charge in [0.25, 0.3) is 5.91 Å². The van der Waals surface area contributed by atoms with Gasteiger partial charge in [0.2, 0.25) is 5.91 Å². The van der Waals surface area contributed by atoms with Crippen LogP contribution in [0.15, 0.2) is 24.5 Å². The van der Waals surface area contributed by atoms with Gasteiger partial charge in [0.05, 0.1) is 17.4 Å². The van der Waals surface area contributed by atoms with Gasteiger partial charge in [-0.25, -0.2) is 4.98 Å². The second-order valence-corrected chi connectivity index (χ2v) is 4.58. The number of H-pyrrole nitrogens is 1. The summed E-state index contributed by atoms with van der Waals surface area (Å²) >= 11 is 0. The zero-order valence-electron chi connectivity index (χ0n) is 10.2. The van der Waals surface area contributed by atoms with Crippen molar-refractivity contribution in [2.45, 2.75) is 19.4 Å². The first-order valence-corrected chi connectivity index (χ1v) is 5.46. The van der Waals surface area contributed by atoms with E-state index >= 15 is 0 Å². The Morgan fingerprint density at radius 1 is 1.39 bits per heavy atom. The number of aromatic amines is 1. The molecule has 2 aromatic rings. The van der Waals surface area contributed by atoms with E-state index in [0.29, 0.717) is 5.56 Å². The van der Waals surface area contributed by atoms with Crippen molar-refractivity contribution in [2.24, 2.45) is 5.73 Å². The molecule has 1 heterocycles. The zero-order valence-corrected chi connectivity index (χ0v) is 10.2. The summed E-state index contributed by atoms with van der Waals surface area (Å²) < 4.78 is 0. The highest BCUT2D eigenvalue weighted by Gasteiger charge is 2.27. The summed E-state index contributed by atoms with van der Waals surface area (Å²) in [5.74, 6) is -0.936. The van der Waals surface area contributed by atoms with Crippen LogP contribution in [0.3, 0.4) is 0 Å². The maximum atomic E-state index is 12.0. The molecule has 0 bridgehead atoms. The van der Waals surface area contributed by atoms with Gasteiger partial charge in [0, 0.05) is 5.56 Å². The van der Waals surface area contributed by atoms with Crippen LogP contribution in [0, 0.1) is 0 Å². The number of benzene rings is 1. The van der Waals surface area contributed by atoms with Gasteiger partial charge in [0.15, 0.2) is 0 Å². The molecule has 0 saturated heterocycles. The summed E-state index contributed by atoms with van der Waals surface area (Å²) in [4.78, 5) is 30.1. The highest BCUT2D eigenvalue weighted by Crippen LogP contribution is 2.12. The molecule has 0 aliphatic carbocycles. The Balaban J connectivity index is 2.25. The molecule has 0 unspecified atom stereocenters. The number of primary amides is 1. The number of hydrogen-bond acceptors (Lipinski definition) is 3. The molecule has 4 N–H and O–H groups in total. The summed E-state index contributed by atoms with van der Waals surface area (Å²) in [5, 5.41) is 2.58. The van der Waals surface area contributed by atoms with Crippen LogP contribution in [0.5, 0.6) is 0 Å². The Kier molecular flexibility index (Phi) is 2.78. The Bertz CT molecular complexity index is 615. The highest BCUT2D eigenvalue weighted by molar-refractivity contribution is 6.00. The first-order valence-electron chi connectivity index (χ1n) is 5.46. The summed E-state index contributed by atoms with van der Waals surface area (Å²) in [6.07, 6.45) is 1.56. The third kappa shape index (κ3) is 2.17. The number of hydrogen-bond donors (Lipinski definition) is 3. The van der Waals surface area contributed by atoms with Gasteiger partial charge < -0.3 is 16.0 Å². The van der Waals surface area contributed by atoms with Crippen LogP contribution < -0.4 is 11.1 Å². The topological polar surface area (TPSA) is 101 Å². The maximum absolute atomic E-state index is 12.0. The largest absolute Gasteiger partial charge is 0.368 e. The standard InChI is InChI=1S/C12H14N4O2/c1-12(2,11(13)18)16-10(17)7-3-4-8-9(5-7)15-6-14-8/h3-6H,1-2H3,(H2,13,18)(H,14,15)(H,16,17). The molecule has 0 aliphatic heterocycles. The van der Waals surface area contributed by atoms with Crippen molar-refractivity contribution in [3.05, 3.63) is 30.1 Å². The van der Waals surface area contributed by atoms with E-state index in [9.17, 15) is 9.59 Å². The van der Waals surface area contributed by atoms with Crippen molar-refractivity contribution in [1.82, 2.24) is 15.3 Å². The number of nitrogens with zero attached hydrogens (tertiary/aromatic N) is 1. The van der Waals surface area contributed by atoms with Gasteiger partial charge in [-0.3, -0.25) is 9.59 Å². The first-order chi connectivity index (χ1) is 8.40. The molecule has 6 heteroatoms. The third-order valence-electron chi connectivity index (χ3n) is 2.72. The number of amides is 2. The minimum absolute atomic E-state index is 0.352. The normalized spacial score (nSPS) is 11.4. The van der Waals surface area contributed by atoms with Gasteiger partial charge in [-0.2, -0.15) is 0 Å². The summed E-state index contributed by atoms with van der Waals surface area (Å²) in [7, 11) is 0. The van der Waals surface area contributed by atoms with E-state index in [1.165, 1.54) is 0 Å². The van der Waals surface area contributed by atoms with E-state index in [1.54, 1.807) is 38.4 Å². The Labute approximate surface area is 104 Å². The van der Waals surface area contributed by atoms with E-state index < -0.39 is 11.4 Å². The van der Waals surface area contributed by atoms with E-state index in [2.05, 4.69) is 15.3 Å². The third-order valence-corrected chi connectivity index (χ3v) is 2.72. The fourth-order valence-electron chi connectivity index (χ4n) is 1.49. The predicted molar refractivity (Wildman–Crippen MR) is 66.8 cm³/mol. The van der Waals surface area contributed by atoms with E-state index in [0.717, 1.165) is 11.0 Å². The smallest absolute Gasteiger partial charge is 0.252 e. The summed E-state index contributed by atoms with van der Waals surface area (Å²) in [6.45, 7) is 3.12. The van der Waals surface area contributed by atoms with Gasteiger partial charge in [0.1, 0.15) is 5.54 Å². The first kappa shape index (κ1) is 12.1. The number of nitrogens with two attached hydrogens (primary N) is 1. The lowest BCUT2D eigenvalue weighted by atomic mass is 10.0. The molecular weight excluding hydrogens is 232 g/mol. The van der Waals surface area contributed by atoms with Gasteiger partial charge in [-0.15, -0.1) is 0 Å². The molecule has 0 spiro atoms. The van der Waals surface area contributed by atoms with Crippen LogP contribution in [0.4, 0.5) is 0 Å². The van der Waals surface area contributed by atoms with Crippen molar-refractivity contribution in [3.63, 3.8) is 0 Å².